The zero-order chi connectivity index (χ0) is 12.8. The molecular formula is C14H20N2OS. The molecule has 98 valence electrons. The van der Waals surface area contributed by atoms with Crippen LogP contribution in [0.15, 0.2) is 24.3 Å². The van der Waals surface area contributed by atoms with Gasteiger partial charge in [0.2, 0.25) is 0 Å². The second kappa shape index (κ2) is 6.71. The summed E-state index contributed by atoms with van der Waals surface area (Å²) in [4.78, 5) is 2.49. The number of anilines is 1. The molecule has 0 saturated carbocycles. The molecule has 4 heteroatoms. The summed E-state index contributed by atoms with van der Waals surface area (Å²) in [5.41, 5.74) is 2.50. The Balaban J connectivity index is 1.80. The Kier molecular flexibility index (Phi) is 4.96. The summed E-state index contributed by atoms with van der Waals surface area (Å²) in [5.74, 6) is 0.913. The quantitative estimate of drug-likeness (QED) is 0.799. The molecule has 2 rings (SSSR count). The monoisotopic (exact) mass is 264 g/mol. The van der Waals surface area contributed by atoms with Crippen molar-refractivity contribution in [1.82, 2.24) is 4.90 Å². The summed E-state index contributed by atoms with van der Waals surface area (Å²) in [6.07, 6.45) is 2.64. The maximum atomic E-state index is 5.81. The predicted octanol–water partition coefficient (Wildman–Crippen LogP) is 2.92. The van der Waals surface area contributed by atoms with Gasteiger partial charge in [-0.05, 0) is 57.1 Å². The van der Waals surface area contributed by atoms with Crippen LogP contribution in [-0.2, 0) is 0 Å². The van der Waals surface area contributed by atoms with E-state index in [1.165, 1.54) is 31.4 Å². The van der Waals surface area contributed by atoms with E-state index in [1.54, 1.807) is 0 Å². The van der Waals surface area contributed by atoms with Crippen LogP contribution in [-0.4, -0.2) is 36.1 Å². The molecule has 1 N–H and O–H groups in total. The topological polar surface area (TPSA) is 24.5 Å². The van der Waals surface area contributed by atoms with Gasteiger partial charge in [-0.1, -0.05) is 12.2 Å². The van der Waals surface area contributed by atoms with Gasteiger partial charge in [0.05, 0.1) is 5.49 Å². The maximum absolute atomic E-state index is 5.81. The second-order valence-corrected chi connectivity index (χ2v) is 4.93. The lowest BCUT2D eigenvalue weighted by Crippen LogP contribution is -2.34. The number of hydrogen-bond donors (Lipinski definition) is 1. The minimum atomic E-state index is 0.492. The summed E-state index contributed by atoms with van der Waals surface area (Å²) in [6.45, 7) is 5.40. The van der Waals surface area contributed by atoms with Gasteiger partial charge in [-0.25, -0.2) is 0 Å². The molecule has 1 heterocycles. The summed E-state index contributed by atoms with van der Waals surface area (Å²) in [5, 5.41) is 2.97. The number of nitrogens with zero attached hydrogens (tertiary/aromatic N) is 1. The lowest BCUT2D eigenvalue weighted by Gasteiger charge is -2.23. The van der Waals surface area contributed by atoms with Gasteiger partial charge >= 0.3 is 0 Å². The van der Waals surface area contributed by atoms with Gasteiger partial charge < -0.3 is 10.1 Å². The first kappa shape index (κ1) is 13.3. The van der Waals surface area contributed by atoms with Crippen molar-refractivity contribution in [3.8, 4) is 5.75 Å². The Morgan fingerprint density at radius 1 is 1.33 bits per heavy atom. The van der Waals surface area contributed by atoms with Crippen LogP contribution in [0.4, 0.5) is 5.69 Å². The van der Waals surface area contributed by atoms with Crippen LogP contribution >= 0.6 is 12.2 Å². The van der Waals surface area contributed by atoms with E-state index < -0.39 is 0 Å². The highest BCUT2D eigenvalue weighted by atomic mass is 32.1. The van der Waals surface area contributed by atoms with Crippen molar-refractivity contribution < 1.29 is 4.74 Å². The van der Waals surface area contributed by atoms with E-state index in [0.717, 1.165) is 18.0 Å². The predicted molar refractivity (Wildman–Crippen MR) is 79.5 cm³/mol. The molecule has 0 radical (unpaired) electrons. The zero-order valence-corrected chi connectivity index (χ0v) is 11.6. The zero-order valence-electron chi connectivity index (χ0n) is 10.8. The van der Waals surface area contributed by atoms with E-state index >= 15 is 0 Å². The van der Waals surface area contributed by atoms with Crippen molar-refractivity contribution >= 4 is 23.4 Å². The Morgan fingerprint density at radius 2 is 2.00 bits per heavy atom. The van der Waals surface area contributed by atoms with Crippen LogP contribution < -0.4 is 10.1 Å². The summed E-state index contributed by atoms with van der Waals surface area (Å²) < 4.78 is 5.81. The molecule has 1 saturated heterocycles. The molecule has 1 aromatic rings. The van der Waals surface area contributed by atoms with Crippen LogP contribution in [0.3, 0.4) is 0 Å². The largest absolute Gasteiger partial charge is 0.492 e. The van der Waals surface area contributed by atoms with Crippen LogP contribution in [0.25, 0.3) is 0 Å². The first-order valence-corrected chi connectivity index (χ1v) is 6.94. The third kappa shape index (κ3) is 3.68. The van der Waals surface area contributed by atoms with Gasteiger partial charge in [-0.3, -0.25) is 4.90 Å². The van der Waals surface area contributed by atoms with Gasteiger partial charge in [0.1, 0.15) is 12.4 Å². The summed E-state index contributed by atoms with van der Waals surface area (Å²) in [6, 6.07) is 8.37. The molecule has 1 unspecified atom stereocenters. The SMILES string of the molecule is CC(COc1ccc(NC=S)cc1)N1CCCC1. The van der Waals surface area contributed by atoms with Gasteiger partial charge in [-0.15, -0.1) is 0 Å². The fourth-order valence-corrected chi connectivity index (χ4v) is 2.36. The molecule has 0 bridgehead atoms. The Bertz CT molecular complexity index is 374. The molecular weight excluding hydrogens is 244 g/mol. The lowest BCUT2D eigenvalue weighted by atomic mass is 10.3. The molecule has 1 aromatic carbocycles. The standard InChI is InChI=1S/C14H20N2OS/c1-12(16-8-2-3-9-16)10-17-14-6-4-13(5-7-14)15-11-18/h4-7,11-12H,2-3,8-10H2,1H3,(H,15,18). The highest BCUT2D eigenvalue weighted by molar-refractivity contribution is 7.79. The number of hydrogen-bond acceptors (Lipinski definition) is 3. The minimum absolute atomic E-state index is 0.492. The lowest BCUT2D eigenvalue weighted by molar-refractivity contribution is 0.172. The molecule has 1 aliphatic rings. The normalized spacial score (nSPS) is 17.4. The first-order valence-electron chi connectivity index (χ1n) is 6.46. The Labute approximate surface area is 114 Å². The number of nitrogens with one attached hydrogen (secondary N) is 1. The summed E-state index contributed by atoms with van der Waals surface area (Å²) in [7, 11) is 0. The van der Waals surface area contributed by atoms with Gasteiger partial charge in [-0.2, -0.15) is 0 Å². The van der Waals surface area contributed by atoms with Crippen molar-refractivity contribution in [1.29, 1.82) is 0 Å². The van der Waals surface area contributed by atoms with Crippen LogP contribution in [0.5, 0.6) is 5.75 Å². The molecule has 0 aromatic heterocycles. The van der Waals surface area contributed by atoms with Crippen molar-refractivity contribution in [2.45, 2.75) is 25.8 Å². The van der Waals surface area contributed by atoms with E-state index in [1.807, 2.05) is 24.3 Å². The van der Waals surface area contributed by atoms with Gasteiger partial charge in [0, 0.05) is 11.7 Å². The van der Waals surface area contributed by atoms with E-state index in [2.05, 4.69) is 17.1 Å². The number of likely N-dealkylation sites (tertiary alicyclic amines) is 1. The van der Waals surface area contributed by atoms with Gasteiger partial charge in [0.25, 0.3) is 0 Å². The van der Waals surface area contributed by atoms with Crippen molar-refractivity contribution in [3.63, 3.8) is 0 Å². The van der Waals surface area contributed by atoms with Crippen molar-refractivity contribution in [2.75, 3.05) is 25.0 Å². The summed E-state index contributed by atoms with van der Waals surface area (Å²) >= 11 is 4.74. The fourth-order valence-electron chi connectivity index (χ4n) is 2.22. The van der Waals surface area contributed by atoms with Crippen molar-refractivity contribution in [2.24, 2.45) is 0 Å². The number of rotatable bonds is 6. The molecule has 18 heavy (non-hydrogen) atoms. The highest BCUT2D eigenvalue weighted by Crippen LogP contribution is 2.17. The minimum Gasteiger partial charge on any atom is -0.492 e. The molecule has 0 amide bonds. The van der Waals surface area contributed by atoms with E-state index in [9.17, 15) is 0 Å². The third-order valence-electron chi connectivity index (χ3n) is 3.34. The highest BCUT2D eigenvalue weighted by Gasteiger charge is 2.18. The number of ether oxygens (including phenoxy) is 1. The van der Waals surface area contributed by atoms with Crippen LogP contribution in [0, 0.1) is 0 Å². The van der Waals surface area contributed by atoms with Crippen molar-refractivity contribution in [3.05, 3.63) is 24.3 Å². The molecule has 1 atom stereocenters. The van der Waals surface area contributed by atoms with E-state index in [4.69, 9.17) is 17.0 Å². The number of benzene rings is 1. The van der Waals surface area contributed by atoms with E-state index in [-0.39, 0.29) is 0 Å². The average Bonchev–Trinajstić information content (AvgIpc) is 2.92. The van der Waals surface area contributed by atoms with Crippen LogP contribution in [0.1, 0.15) is 19.8 Å². The van der Waals surface area contributed by atoms with Crippen LogP contribution in [0.2, 0.25) is 0 Å². The smallest absolute Gasteiger partial charge is 0.119 e. The molecule has 3 nitrogen and oxygen atoms in total. The fraction of sp³-hybridized carbons (Fsp3) is 0.500. The molecule has 1 fully saturated rings. The molecule has 0 aliphatic carbocycles. The average molecular weight is 264 g/mol. The maximum Gasteiger partial charge on any atom is 0.119 e. The third-order valence-corrected chi connectivity index (χ3v) is 3.45. The number of thiocarbonyl (C=S) groups is 1. The van der Waals surface area contributed by atoms with E-state index in [0.29, 0.717) is 6.04 Å². The Morgan fingerprint density at radius 3 is 2.61 bits per heavy atom. The second-order valence-electron chi connectivity index (χ2n) is 4.69. The first-order chi connectivity index (χ1) is 8.79. The molecule has 0 spiro atoms. The van der Waals surface area contributed by atoms with Gasteiger partial charge in [0.15, 0.2) is 0 Å². The molecule has 1 aliphatic heterocycles. The Hall–Kier alpha value is -1.13.